The number of halogens is 3. The molecule has 0 saturated carbocycles. The quantitative estimate of drug-likeness (QED) is 0.321. The van der Waals surface area contributed by atoms with E-state index in [1.807, 2.05) is 46.0 Å². The van der Waals surface area contributed by atoms with Crippen LogP contribution in [-0.4, -0.2) is 58.6 Å². The number of carboxylic acid groups (broad SMARTS) is 1. The number of amidine groups is 1. The summed E-state index contributed by atoms with van der Waals surface area (Å²) >= 11 is 2.96. The number of amides is 1. The number of nitrogens with zero attached hydrogens (tertiary/aromatic N) is 2. The SMILES string of the molecule is N=C(N)c1sccc1-c1nc(-c2cccc(OCC(=O)N3CCCC3)c2)cs1.O=C(O)C(F)(F)F. The van der Waals surface area contributed by atoms with Crippen LogP contribution in [0.3, 0.4) is 0 Å². The number of carbonyl (C=O) groups is 2. The number of ether oxygens (including phenoxy) is 1. The zero-order valence-electron chi connectivity index (χ0n) is 18.2. The summed E-state index contributed by atoms with van der Waals surface area (Å²) in [6, 6.07) is 9.55. The molecule has 1 aromatic carbocycles. The van der Waals surface area contributed by atoms with Crippen LogP contribution in [0.15, 0.2) is 41.1 Å². The lowest BCUT2D eigenvalue weighted by atomic mass is 10.1. The van der Waals surface area contributed by atoms with Gasteiger partial charge in [-0.05, 0) is 36.4 Å². The van der Waals surface area contributed by atoms with E-state index in [4.69, 9.17) is 30.8 Å². The summed E-state index contributed by atoms with van der Waals surface area (Å²) < 4.78 is 37.4. The van der Waals surface area contributed by atoms with Gasteiger partial charge in [-0.3, -0.25) is 10.2 Å². The molecule has 0 bridgehead atoms. The first kappa shape index (κ1) is 26.2. The number of thiazole rings is 1. The van der Waals surface area contributed by atoms with Crippen molar-refractivity contribution in [3.8, 4) is 27.6 Å². The number of aliphatic carboxylic acids is 1. The van der Waals surface area contributed by atoms with Crippen LogP contribution in [-0.2, 0) is 9.59 Å². The summed E-state index contributed by atoms with van der Waals surface area (Å²) in [7, 11) is 0. The van der Waals surface area contributed by atoms with Crippen LogP contribution in [0.4, 0.5) is 13.2 Å². The van der Waals surface area contributed by atoms with E-state index in [9.17, 15) is 18.0 Å². The van der Waals surface area contributed by atoms with Crippen molar-refractivity contribution in [2.45, 2.75) is 19.0 Å². The summed E-state index contributed by atoms with van der Waals surface area (Å²) in [5.41, 5.74) is 8.30. The second-order valence-electron chi connectivity index (χ2n) is 7.32. The molecule has 4 N–H and O–H groups in total. The van der Waals surface area contributed by atoms with Crippen molar-refractivity contribution in [1.29, 1.82) is 5.41 Å². The smallest absolute Gasteiger partial charge is 0.484 e. The van der Waals surface area contributed by atoms with Gasteiger partial charge in [0, 0.05) is 29.6 Å². The molecule has 0 radical (unpaired) electrons. The minimum atomic E-state index is -5.08. The van der Waals surface area contributed by atoms with Gasteiger partial charge in [-0.1, -0.05) is 12.1 Å². The van der Waals surface area contributed by atoms with Crippen LogP contribution in [0.1, 0.15) is 17.7 Å². The predicted octanol–water partition coefficient (Wildman–Crippen LogP) is 4.46. The number of nitrogens with one attached hydrogen (secondary N) is 1. The van der Waals surface area contributed by atoms with E-state index in [1.165, 1.54) is 22.7 Å². The van der Waals surface area contributed by atoms with Gasteiger partial charge >= 0.3 is 12.1 Å². The fourth-order valence-corrected chi connectivity index (χ4v) is 4.85. The first-order valence-corrected chi connectivity index (χ1v) is 12.0. The molecule has 0 atom stereocenters. The number of hydrogen-bond donors (Lipinski definition) is 3. The summed E-state index contributed by atoms with van der Waals surface area (Å²) in [6.45, 7) is 1.71. The van der Waals surface area contributed by atoms with E-state index in [1.54, 1.807) is 0 Å². The molecular formula is C22H21F3N4O4S2. The summed E-state index contributed by atoms with van der Waals surface area (Å²) in [6.07, 6.45) is -2.94. The Morgan fingerprint density at radius 1 is 1.20 bits per heavy atom. The fourth-order valence-electron chi connectivity index (χ4n) is 3.16. The van der Waals surface area contributed by atoms with E-state index in [2.05, 4.69) is 0 Å². The van der Waals surface area contributed by atoms with Gasteiger partial charge in [0.25, 0.3) is 5.91 Å². The monoisotopic (exact) mass is 526 g/mol. The van der Waals surface area contributed by atoms with Gasteiger partial charge in [0.2, 0.25) is 0 Å². The normalized spacial score (nSPS) is 13.2. The molecule has 35 heavy (non-hydrogen) atoms. The average molecular weight is 527 g/mol. The molecule has 8 nitrogen and oxygen atoms in total. The van der Waals surface area contributed by atoms with Crippen LogP contribution in [0.2, 0.25) is 0 Å². The number of carboxylic acids is 1. The highest BCUT2D eigenvalue weighted by Gasteiger charge is 2.38. The molecular weight excluding hydrogens is 505 g/mol. The van der Waals surface area contributed by atoms with Crippen molar-refractivity contribution in [2.75, 3.05) is 19.7 Å². The molecule has 0 spiro atoms. The number of hydrogen-bond acceptors (Lipinski definition) is 7. The second-order valence-corrected chi connectivity index (χ2v) is 9.10. The Labute approximate surface area is 206 Å². The van der Waals surface area contributed by atoms with Gasteiger partial charge in [-0.25, -0.2) is 9.78 Å². The van der Waals surface area contributed by atoms with Crippen LogP contribution < -0.4 is 10.5 Å². The van der Waals surface area contributed by atoms with Crippen LogP contribution in [0.25, 0.3) is 21.8 Å². The molecule has 1 amide bonds. The number of likely N-dealkylation sites (tertiary alicyclic amines) is 1. The van der Waals surface area contributed by atoms with Gasteiger partial charge in [0.05, 0.1) is 10.6 Å². The van der Waals surface area contributed by atoms with Gasteiger partial charge in [0.15, 0.2) is 6.61 Å². The molecule has 1 aliphatic rings. The lowest BCUT2D eigenvalue weighted by molar-refractivity contribution is -0.192. The maximum absolute atomic E-state index is 12.2. The standard InChI is InChI=1S/C20H20N4O2S2.C2HF3O2/c21-19(22)18-15(6-9-27-18)20-23-16(12-28-20)13-4-3-5-14(10-13)26-11-17(25)24-7-1-2-8-24;3-2(4,5)1(6)7/h3-6,9-10,12H,1-2,7-8,11H2,(H3,21,22);(H,6,7). The van der Waals surface area contributed by atoms with Crippen LogP contribution >= 0.6 is 22.7 Å². The van der Waals surface area contributed by atoms with Crippen molar-refractivity contribution in [2.24, 2.45) is 5.73 Å². The molecule has 2 aromatic heterocycles. The van der Waals surface area contributed by atoms with E-state index in [0.717, 1.165) is 52.6 Å². The zero-order valence-corrected chi connectivity index (χ0v) is 19.8. The van der Waals surface area contributed by atoms with E-state index in [0.29, 0.717) is 5.75 Å². The van der Waals surface area contributed by atoms with Gasteiger partial charge in [-0.2, -0.15) is 13.2 Å². The number of nitrogen functional groups attached to an aromatic ring is 1. The Hall–Kier alpha value is -3.45. The van der Waals surface area contributed by atoms with Crippen LogP contribution in [0.5, 0.6) is 5.75 Å². The van der Waals surface area contributed by atoms with Gasteiger partial charge in [0.1, 0.15) is 16.6 Å². The first-order valence-electron chi connectivity index (χ1n) is 10.2. The zero-order chi connectivity index (χ0) is 25.6. The molecule has 3 aromatic rings. The number of nitrogens with two attached hydrogens (primary N) is 1. The first-order chi connectivity index (χ1) is 16.6. The maximum Gasteiger partial charge on any atom is 0.490 e. The van der Waals surface area contributed by atoms with Gasteiger partial charge < -0.3 is 20.5 Å². The van der Waals surface area contributed by atoms with Crippen molar-refractivity contribution in [3.63, 3.8) is 0 Å². The van der Waals surface area contributed by atoms with E-state index in [-0.39, 0.29) is 18.3 Å². The Morgan fingerprint density at radius 3 is 2.51 bits per heavy atom. The largest absolute Gasteiger partial charge is 0.490 e. The fraction of sp³-hybridized carbons (Fsp3) is 0.273. The molecule has 3 heterocycles. The Kier molecular flexibility index (Phi) is 8.46. The summed E-state index contributed by atoms with van der Waals surface area (Å²) in [5.74, 6) is -2.01. The third kappa shape index (κ3) is 7.02. The van der Waals surface area contributed by atoms with Crippen molar-refractivity contribution < 1.29 is 32.6 Å². The molecule has 1 fully saturated rings. The number of benzene rings is 1. The Balaban J connectivity index is 0.000000429. The van der Waals surface area contributed by atoms with Crippen molar-refractivity contribution >= 4 is 40.4 Å². The molecule has 0 aliphatic carbocycles. The van der Waals surface area contributed by atoms with Crippen molar-refractivity contribution in [3.05, 3.63) is 46.0 Å². The van der Waals surface area contributed by atoms with E-state index >= 15 is 0 Å². The van der Waals surface area contributed by atoms with Crippen LogP contribution in [0, 0.1) is 5.41 Å². The molecule has 1 aliphatic heterocycles. The predicted molar refractivity (Wildman–Crippen MR) is 127 cm³/mol. The number of alkyl halides is 3. The lowest BCUT2D eigenvalue weighted by Crippen LogP contribution is -2.32. The lowest BCUT2D eigenvalue weighted by Gasteiger charge is -2.15. The Morgan fingerprint density at radius 2 is 1.89 bits per heavy atom. The number of aromatic nitrogens is 1. The number of thiophene rings is 1. The maximum atomic E-state index is 12.2. The minimum absolute atomic E-state index is 0.0352. The molecule has 186 valence electrons. The highest BCUT2D eigenvalue weighted by atomic mass is 32.1. The van der Waals surface area contributed by atoms with E-state index < -0.39 is 12.1 Å². The van der Waals surface area contributed by atoms with Crippen molar-refractivity contribution in [1.82, 2.24) is 9.88 Å². The Bertz CT molecular complexity index is 1200. The third-order valence-corrected chi connectivity index (χ3v) is 6.66. The number of rotatable bonds is 6. The second kappa shape index (κ2) is 11.3. The number of carbonyl (C=O) groups excluding carboxylic acids is 1. The van der Waals surface area contributed by atoms with Gasteiger partial charge in [-0.15, -0.1) is 22.7 Å². The summed E-state index contributed by atoms with van der Waals surface area (Å²) in [5, 5.41) is 19.6. The highest BCUT2D eigenvalue weighted by molar-refractivity contribution is 7.15. The molecule has 1 saturated heterocycles. The topological polar surface area (TPSA) is 130 Å². The minimum Gasteiger partial charge on any atom is -0.484 e. The molecule has 4 rings (SSSR count). The molecule has 0 unspecified atom stereocenters. The molecule has 13 heteroatoms. The average Bonchev–Trinajstić information content (AvgIpc) is 3.58. The third-order valence-electron chi connectivity index (χ3n) is 4.84. The highest BCUT2D eigenvalue weighted by Crippen LogP contribution is 2.34. The summed E-state index contributed by atoms with van der Waals surface area (Å²) in [4.78, 5) is 28.3.